The number of hydrogen-bond donors (Lipinski definition) is 2. The highest BCUT2D eigenvalue weighted by atomic mass is 19.3. The first-order valence-corrected chi connectivity index (χ1v) is 8.32. The first kappa shape index (κ1) is 19.1. The van der Waals surface area contributed by atoms with Gasteiger partial charge in [0.25, 0.3) is 12.3 Å². The lowest BCUT2D eigenvalue weighted by Gasteiger charge is -2.34. The minimum Gasteiger partial charge on any atom is -0.336 e. The van der Waals surface area contributed by atoms with Crippen molar-refractivity contribution < 1.29 is 18.4 Å². The third-order valence-corrected chi connectivity index (χ3v) is 3.87. The number of hydrogen-bond acceptors (Lipinski definition) is 3. The first-order valence-electron chi connectivity index (χ1n) is 8.32. The summed E-state index contributed by atoms with van der Waals surface area (Å²) in [7, 11) is 0. The van der Waals surface area contributed by atoms with Crippen molar-refractivity contribution in [2.45, 2.75) is 26.3 Å². The molecule has 1 aromatic carbocycles. The molecule has 0 aromatic heterocycles. The number of benzene rings is 1. The number of nitrogens with zero attached hydrogens (tertiary/aromatic N) is 2. The van der Waals surface area contributed by atoms with Crippen LogP contribution < -0.4 is 10.6 Å². The predicted molar refractivity (Wildman–Crippen MR) is 92.1 cm³/mol. The minimum atomic E-state index is -2.35. The maximum Gasteiger partial charge on any atom is 0.319 e. The molecule has 8 heteroatoms. The molecule has 0 atom stereocenters. The SMILES string of the molecule is CC(C)NC(=O)Nc1ccc(C(=O)N2CCN(CC(F)F)CC2)cc1. The average Bonchev–Trinajstić information content (AvgIpc) is 2.54. The number of urea groups is 1. The summed E-state index contributed by atoms with van der Waals surface area (Å²) in [5.74, 6) is -0.130. The highest BCUT2D eigenvalue weighted by Crippen LogP contribution is 2.13. The van der Waals surface area contributed by atoms with Gasteiger partial charge < -0.3 is 15.5 Å². The maximum atomic E-state index is 12.5. The number of amides is 3. The van der Waals surface area contributed by atoms with E-state index in [1.165, 1.54) is 0 Å². The zero-order valence-corrected chi connectivity index (χ0v) is 14.5. The van der Waals surface area contributed by atoms with E-state index < -0.39 is 6.43 Å². The van der Waals surface area contributed by atoms with E-state index in [1.54, 1.807) is 34.1 Å². The molecule has 138 valence electrons. The average molecular weight is 354 g/mol. The third kappa shape index (κ3) is 5.97. The Morgan fingerprint density at radius 2 is 1.68 bits per heavy atom. The Kier molecular flexibility index (Phi) is 6.69. The molecule has 6 nitrogen and oxygen atoms in total. The lowest BCUT2D eigenvalue weighted by Crippen LogP contribution is -2.49. The number of rotatable bonds is 5. The fourth-order valence-electron chi connectivity index (χ4n) is 2.64. The van der Waals surface area contributed by atoms with Crippen LogP contribution in [0.15, 0.2) is 24.3 Å². The van der Waals surface area contributed by atoms with Crippen molar-refractivity contribution in [1.29, 1.82) is 0 Å². The van der Waals surface area contributed by atoms with Crippen LogP contribution in [0.2, 0.25) is 0 Å². The van der Waals surface area contributed by atoms with Gasteiger partial charge in [-0.25, -0.2) is 13.6 Å². The Balaban J connectivity index is 1.87. The van der Waals surface area contributed by atoms with Crippen molar-refractivity contribution in [3.63, 3.8) is 0 Å². The molecule has 0 unspecified atom stereocenters. The van der Waals surface area contributed by atoms with E-state index in [0.717, 1.165) is 0 Å². The Labute approximate surface area is 146 Å². The zero-order valence-electron chi connectivity index (χ0n) is 14.5. The van der Waals surface area contributed by atoms with Crippen molar-refractivity contribution in [1.82, 2.24) is 15.1 Å². The van der Waals surface area contributed by atoms with Gasteiger partial charge in [-0.05, 0) is 38.1 Å². The van der Waals surface area contributed by atoms with E-state index in [4.69, 9.17) is 0 Å². The van der Waals surface area contributed by atoms with Gasteiger partial charge in [-0.3, -0.25) is 9.69 Å². The highest BCUT2D eigenvalue weighted by molar-refractivity contribution is 5.95. The summed E-state index contributed by atoms with van der Waals surface area (Å²) < 4.78 is 24.8. The number of anilines is 1. The van der Waals surface area contributed by atoms with Crippen LogP contribution in [0.25, 0.3) is 0 Å². The summed E-state index contributed by atoms with van der Waals surface area (Å²) in [5, 5.41) is 5.40. The van der Waals surface area contributed by atoms with Crippen LogP contribution in [0.5, 0.6) is 0 Å². The summed E-state index contributed by atoms with van der Waals surface area (Å²) in [5.41, 5.74) is 1.11. The Hall–Kier alpha value is -2.22. The molecule has 2 rings (SSSR count). The summed E-state index contributed by atoms with van der Waals surface area (Å²) in [4.78, 5) is 27.4. The Morgan fingerprint density at radius 1 is 1.08 bits per heavy atom. The summed E-state index contributed by atoms with van der Waals surface area (Å²) in [6.07, 6.45) is -2.35. The van der Waals surface area contributed by atoms with Crippen molar-refractivity contribution in [2.24, 2.45) is 0 Å². The zero-order chi connectivity index (χ0) is 18.4. The Morgan fingerprint density at radius 3 is 2.20 bits per heavy atom. The van der Waals surface area contributed by atoms with Gasteiger partial charge in [0.15, 0.2) is 0 Å². The molecular weight excluding hydrogens is 330 g/mol. The number of nitrogens with one attached hydrogen (secondary N) is 2. The smallest absolute Gasteiger partial charge is 0.319 e. The second-order valence-electron chi connectivity index (χ2n) is 6.31. The molecule has 0 saturated carbocycles. The van der Waals surface area contributed by atoms with Gasteiger partial charge in [-0.15, -0.1) is 0 Å². The van der Waals surface area contributed by atoms with Gasteiger partial charge in [0.05, 0.1) is 6.54 Å². The van der Waals surface area contributed by atoms with Crippen LogP contribution in [0.3, 0.4) is 0 Å². The summed E-state index contributed by atoms with van der Waals surface area (Å²) >= 11 is 0. The van der Waals surface area contributed by atoms with Crippen LogP contribution in [-0.4, -0.2) is 66.9 Å². The number of carbonyl (C=O) groups is 2. The molecule has 1 aliphatic heterocycles. The normalized spacial score (nSPS) is 15.5. The van der Waals surface area contributed by atoms with E-state index in [2.05, 4.69) is 10.6 Å². The van der Waals surface area contributed by atoms with Crippen LogP contribution in [0, 0.1) is 0 Å². The van der Waals surface area contributed by atoms with Crippen molar-refractivity contribution >= 4 is 17.6 Å². The quantitative estimate of drug-likeness (QED) is 0.852. The van der Waals surface area contributed by atoms with E-state index in [1.807, 2.05) is 13.8 Å². The largest absolute Gasteiger partial charge is 0.336 e. The third-order valence-electron chi connectivity index (χ3n) is 3.87. The fourth-order valence-corrected chi connectivity index (χ4v) is 2.64. The molecule has 1 saturated heterocycles. The van der Waals surface area contributed by atoms with E-state index >= 15 is 0 Å². The lowest BCUT2D eigenvalue weighted by atomic mass is 10.1. The topological polar surface area (TPSA) is 64.7 Å². The van der Waals surface area contributed by atoms with Crippen molar-refractivity contribution in [3.8, 4) is 0 Å². The van der Waals surface area contributed by atoms with Crippen LogP contribution >= 0.6 is 0 Å². The van der Waals surface area contributed by atoms with Crippen molar-refractivity contribution in [2.75, 3.05) is 38.0 Å². The molecule has 3 amide bonds. The Bertz CT molecular complexity index is 585. The lowest BCUT2D eigenvalue weighted by molar-refractivity contribution is 0.0459. The fraction of sp³-hybridized carbons (Fsp3) is 0.529. The molecule has 1 aromatic rings. The summed E-state index contributed by atoms with van der Waals surface area (Å²) in [6, 6.07) is 6.37. The standard InChI is InChI=1S/C17H24F2N4O2/c1-12(2)20-17(25)21-14-5-3-13(4-6-14)16(24)23-9-7-22(8-10-23)11-15(18)19/h3-6,12,15H,7-11H2,1-2H3,(H2,20,21,25). The molecule has 1 fully saturated rings. The molecule has 0 aliphatic carbocycles. The second-order valence-corrected chi connectivity index (χ2v) is 6.31. The molecular formula is C17H24F2N4O2. The van der Waals surface area contributed by atoms with E-state index in [-0.39, 0.29) is 24.5 Å². The highest BCUT2D eigenvalue weighted by Gasteiger charge is 2.23. The monoisotopic (exact) mass is 354 g/mol. The van der Waals surface area contributed by atoms with Gasteiger partial charge in [-0.2, -0.15) is 0 Å². The second kappa shape index (κ2) is 8.75. The molecule has 2 N–H and O–H groups in total. The molecule has 0 bridgehead atoms. The van der Waals surface area contributed by atoms with Crippen molar-refractivity contribution in [3.05, 3.63) is 29.8 Å². The van der Waals surface area contributed by atoms with Gasteiger partial charge in [0, 0.05) is 43.5 Å². The van der Waals surface area contributed by atoms with E-state index in [0.29, 0.717) is 37.4 Å². The van der Waals surface area contributed by atoms with Gasteiger partial charge in [-0.1, -0.05) is 0 Å². The molecule has 1 aliphatic rings. The van der Waals surface area contributed by atoms with Gasteiger partial charge in [0.2, 0.25) is 0 Å². The molecule has 0 spiro atoms. The molecule has 1 heterocycles. The van der Waals surface area contributed by atoms with Gasteiger partial charge >= 0.3 is 6.03 Å². The number of halogens is 2. The van der Waals surface area contributed by atoms with Crippen LogP contribution in [0.4, 0.5) is 19.3 Å². The molecule has 25 heavy (non-hydrogen) atoms. The maximum absolute atomic E-state index is 12.5. The number of alkyl halides is 2. The minimum absolute atomic E-state index is 0.0320. The summed E-state index contributed by atoms with van der Waals surface area (Å²) in [6.45, 7) is 5.24. The van der Waals surface area contributed by atoms with Gasteiger partial charge in [0.1, 0.15) is 0 Å². The number of carbonyl (C=O) groups excluding carboxylic acids is 2. The van der Waals surface area contributed by atoms with Crippen LogP contribution in [-0.2, 0) is 0 Å². The number of piperazine rings is 1. The van der Waals surface area contributed by atoms with Crippen LogP contribution in [0.1, 0.15) is 24.2 Å². The van der Waals surface area contributed by atoms with E-state index in [9.17, 15) is 18.4 Å². The molecule has 0 radical (unpaired) electrons. The predicted octanol–water partition coefficient (Wildman–Crippen LogP) is 2.24. The first-order chi connectivity index (χ1) is 11.8.